The van der Waals surface area contributed by atoms with Crippen LogP contribution >= 0.6 is 0 Å². The Bertz CT molecular complexity index is 33.8. The summed E-state index contributed by atoms with van der Waals surface area (Å²) in [5.41, 5.74) is 0. The van der Waals surface area contributed by atoms with Gasteiger partial charge in [0.15, 0.2) is 0 Å². The maximum absolute atomic E-state index is 8.74. The zero-order valence-corrected chi connectivity index (χ0v) is 5.53. The van der Waals surface area contributed by atoms with Crippen molar-refractivity contribution >= 4 is 45.4 Å². The average Bonchev–Trinajstić information content (AvgIpc) is 0.811. The Hall–Kier alpha value is 0.747. The van der Waals surface area contributed by atoms with Crippen molar-refractivity contribution in [3.05, 3.63) is 0 Å². The molecule has 0 aliphatic heterocycles. The summed E-state index contributed by atoms with van der Waals surface area (Å²) >= 11 is 0. The van der Waals surface area contributed by atoms with Crippen LogP contribution in [0.2, 0.25) is 0 Å². The number of rotatable bonds is 0. The van der Waals surface area contributed by atoms with Crippen LogP contribution in [0.4, 0.5) is 0 Å². The van der Waals surface area contributed by atoms with Crippen molar-refractivity contribution in [1.29, 1.82) is 0 Å². The molecule has 6 heteroatoms. The molecule has 0 aromatic heterocycles. The van der Waals surface area contributed by atoms with E-state index >= 15 is 0 Å². The minimum absolute atomic E-state index is 0. The van der Waals surface area contributed by atoms with Crippen LogP contribution in [-0.2, 0) is 4.46 Å². The van der Waals surface area contributed by atoms with Gasteiger partial charge in [-0.1, -0.05) is 0 Å². The van der Waals surface area contributed by atoms with Crippen LogP contribution < -0.4 is 0 Å². The van der Waals surface area contributed by atoms with Gasteiger partial charge in [-0.25, -0.2) is 0 Å². The molecule has 0 atom stereocenters. The van der Waals surface area contributed by atoms with E-state index < -0.39 is 9.17 Å². The molecule has 0 amide bonds. The average molecular weight is 112 g/mol. The van der Waals surface area contributed by atoms with Gasteiger partial charge >= 0.3 is 9.17 Å². The van der Waals surface area contributed by atoms with Gasteiger partial charge in [0.25, 0.3) is 0 Å². The summed E-state index contributed by atoms with van der Waals surface area (Å²) in [4.78, 5) is 14.3. The van der Waals surface area contributed by atoms with E-state index in [9.17, 15) is 0 Å². The fraction of sp³-hybridized carbons (Fsp3) is 0. The molecule has 0 aromatic rings. The van der Waals surface area contributed by atoms with Gasteiger partial charge in [0.2, 0.25) is 0 Å². The molecule has 0 aliphatic rings. The summed E-state index contributed by atoms with van der Waals surface area (Å²) in [5.74, 6) is 0. The molecule has 0 rings (SSSR count). The van der Waals surface area contributed by atoms with Crippen LogP contribution in [-0.4, -0.2) is 55.0 Å². The largest absolute Gasteiger partial charge is 0.761 e. The van der Waals surface area contributed by atoms with Crippen molar-refractivity contribution in [3.63, 3.8) is 0 Å². The second-order valence-electron chi connectivity index (χ2n) is 0.283. The standard InChI is InChI=1S/Al.Li.H2O3Si/c;;1-4(2)3/h;;1-2H. The first-order chi connectivity index (χ1) is 1.73. The number of hydrogen-bond donors (Lipinski definition) is 2. The Labute approximate surface area is 59.6 Å². The van der Waals surface area contributed by atoms with Crippen LogP contribution in [0.15, 0.2) is 0 Å². The first-order valence-corrected chi connectivity index (χ1v) is 1.95. The van der Waals surface area contributed by atoms with E-state index in [0.29, 0.717) is 0 Å². The molecule has 0 saturated carbocycles. The summed E-state index contributed by atoms with van der Waals surface area (Å²) in [7, 11) is -3.13. The molecule has 6 heavy (non-hydrogen) atoms. The van der Waals surface area contributed by atoms with Crippen molar-refractivity contribution in [1.82, 2.24) is 0 Å². The van der Waals surface area contributed by atoms with Gasteiger partial charge in [0, 0.05) is 36.2 Å². The van der Waals surface area contributed by atoms with E-state index in [4.69, 9.17) is 14.1 Å². The molecule has 0 heterocycles. The second-order valence-corrected chi connectivity index (χ2v) is 0.848. The molecule has 0 aliphatic carbocycles. The normalized spacial score (nSPS) is 4.00. The van der Waals surface area contributed by atoms with Crippen LogP contribution in [0.25, 0.3) is 0 Å². The topological polar surface area (TPSA) is 57.5 Å². The van der Waals surface area contributed by atoms with Crippen LogP contribution in [0.5, 0.6) is 0 Å². The third-order valence-electron chi connectivity index (χ3n) is 0. The fourth-order valence-corrected chi connectivity index (χ4v) is 0. The molecular formula is H2AlLiO3Si. The predicted molar refractivity (Wildman–Crippen MR) is 22.4 cm³/mol. The summed E-state index contributed by atoms with van der Waals surface area (Å²) in [6.45, 7) is 0. The van der Waals surface area contributed by atoms with Gasteiger partial charge in [-0.3, -0.25) is 4.46 Å². The minimum atomic E-state index is -3.13. The van der Waals surface area contributed by atoms with Gasteiger partial charge in [0.1, 0.15) is 0 Å². The van der Waals surface area contributed by atoms with Crippen molar-refractivity contribution in [3.8, 4) is 0 Å². The van der Waals surface area contributed by atoms with E-state index in [2.05, 4.69) is 0 Å². The maximum Gasteiger partial charge on any atom is 0.761 e. The first kappa shape index (κ1) is 15.9. The van der Waals surface area contributed by atoms with Crippen LogP contribution in [0, 0.1) is 0 Å². The Kier molecular flexibility index (Phi) is 24.4. The Morgan fingerprint density at radius 1 is 1.33 bits per heavy atom. The molecule has 0 unspecified atom stereocenters. The zero-order valence-electron chi connectivity index (χ0n) is 3.38. The smallest absolute Gasteiger partial charge is 0.511 e. The van der Waals surface area contributed by atoms with Crippen molar-refractivity contribution < 1.29 is 14.1 Å². The predicted octanol–water partition coefficient (Wildman–Crippen LogP) is -2.38. The summed E-state index contributed by atoms with van der Waals surface area (Å²) in [6, 6.07) is 0. The van der Waals surface area contributed by atoms with Crippen LogP contribution in [0.3, 0.4) is 0 Å². The Morgan fingerprint density at radius 3 is 1.33 bits per heavy atom. The molecule has 2 N–H and O–H groups in total. The summed E-state index contributed by atoms with van der Waals surface area (Å²) in [6.07, 6.45) is 0. The molecule has 0 fully saturated rings. The zero-order chi connectivity index (χ0) is 3.58. The third kappa shape index (κ3) is 119. The van der Waals surface area contributed by atoms with Gasteiger partial charge in [-0.15, -0.1) is 0 Å². The van der Waals surface area contributed by atoms with E-state index in [0.717, 1.165) is 0 Å². The van der Waals surface area contributed by atoms with Crippen molar-refractivity contribution in [2.24, 2.45) is 0 Å². The molecule has 28 valence electrons. The Balaban J connectivity index is -0.0000000450. The first-order valence-electron chi connectivity index (χ1n) is 0.651. The SMILES string of the molecule is O=[Si](O)O.[Al].[Li]. The molecule has 3 nitrogen and oxygen atoms in total. The van der Waals surface area contributed by atoms with E-state index in [1.165, 1.54) is 0 Å². The van der Waals surface area contributed by atoms with Gasteiger partial charge in [0.05, 0.1) is 0 Å². The summed E-state index contributed by atoms with van der Waals surface area (Å²) in [5, 5.41) is 0. The molecule has 0 spiro atoms. The third-order valence-corrected chi connectivity index (χ3v) is 0. The maximum atomic E-state index is 8.74. The van der Waals surface area contributed by atoms with Gasteiger partial charge in [-0.05, 0) is 0 Å². The molecule has 0 aromatic carbocycles. The molecular weight excluding hydrogens is 110 g/mol. The molecule has 0 saturated heterocycles. The fourth-order valence-electron chi connectivity index (χ4n) is 0. The van der Waals surface area contributed by atoms with Gasteiger partial charge in [-0.2, -0.15) is 0 Å². The van der Waals surface area contributed by atoms with E-state index in [1.54, 1.807) is 0 Å². The van der Waals surface area contributed by atoms with E-state index in [1.807, 2.05) is 0 Å². The van der Waals surface area contributed by atoms with Crippen LogP contribution in [0.1, 0.15) is 0 Å². The number of hydrogen-bond acceptors (Lipinski definition) is 1. The molecule has 4 radical (unpaired) electrons. The van der Waals surface area contributed by atoms with Gasteiger partial charge < -0.3 is 9.59 Å². The van der Waals surface area contributed by atoms with Crippen molar-refractivity contribution in [2.75, 3.05) is 0 Å². The minimum Gasteiger partial charge on any atom is -0.511 e. The second kappa shape index (κ2) is 9.22. The monoisotopic (exact) mass is 112 g/mol. The molecule has 0 bridgehead atoms. The summed E-state index contributed by atoms with van der Waals surface area (Å²) < 4.78 is 8.74. The van der Waals surface area contributed by atoms with Crippen molar-refractivity contribution in [2.45, 2.75) is 0 Å². The quantitative estimate of drug-likeness (QED) is 0.344. The van der Waals surface area contributed by atoms with E-state index in [-0.39, 0.29) is 36.2 Å². The Morgan fingerprint density at radius 2 is 1.33 bits per heavy atom.